The van der Waals surface area contributed by atoms with Gasteiger partial charge in [0, 0.05) is 6.04 Å². The lowest BCUT2D eigenvalue weighted by Crippen LogP contribution is -2.47. The van der Waals surface area contributed by atoms with Gasteiger partial charge in [-0.1, -0.05) is 43.7 Å². The third kappa shape index (κ3) is 4.34. The maximum Gasteiger partial charge on any atom is 0.237 e. The molecule has 3 N–H and O–H groups in total. The molecule has 0 radical (unpaired) electrons. The Kier molecular flexibility index (Phi) is 5.60. The molecule has 1 amide bonds. The zero-order chi connectivity index (χ0) is 14.4. The number of benzene rings is 1. The predicted octanol–water partition coefficient (Wildman–Crippen LogP) is 2.64. The summed E-state index contributed by atoms with van der Waals surface area (Å²) in [7, 11) is 0. The Morgan fingerprint density at radius 3 is 2.50 bits per heavy atom. The van der Waals surface area contributed by atoms with Gasteiger partial charge in [-0.05, 0) is 43.6 Å². The van der Waals surface area contributed by atoms with Crippen LogP contribution in [0.1, 0.15) is 44.6 Å². The van der Waals surface area contributed by atoms with Crippen molar-refractivity contribution in [3.05, 3.63) is 35.9 Å². The van der Waals surface area contributed by atoms with Crippen molar-refractivity contribution in [1.82, 2.24) is 5.32 Å². The predicted molar refractivity (Wildman–Crippen MR) is 82.3 cm³/mol. The van der Waals surface area contributed by atoms with Crippen LogP contribution in [0.2, 0.25) is 0 Å². The fraction of sp³-hybridized carbons (Fsp3) is 0.588. The largest absolute Gasteiger partial charge is 0.352 e. The van der Waals surface area contributed by atoms with E-state index in [0.29, 0.717) is 12.5 Å². The summed E-state index contributed by atoms with van der Waals surface area (Å²) in [5.41, 5.74) is 7.12. The molecule has 3 heteroatoms. The van der Waals surface area contributed by atoms with E-state index in [2.05, 4.69) is 12.2 Å². The number of hydrogen-bond acceptors (Lipinski definition) is 2. The number of nitrogens with two attached hydrogens (primary N) is 1. The number of carbonyl (C=O) groups is 1. The summed E-state index contributed by atoms with van der Waals surface area (Å²) in [5.74, 6) is 0.843. The average Bonchev–Trinajstić information content (AvgIpc) is 2.49. The molecule has 0 bridgehead atoms. The van der Waals surface area contributed by atoms with E-state index in [9.17, 15) is 4.79 Å². The van der Waals surface area contributed by atoms with Crippen molar-refractivity contribution in [3.63, 3.8) is 0 Å². The molecule has 1 aromatic carbocycles. The average molecular weight is 274 g/mol. The van der Waals surface area contributed by atoms with Crippen LogP contribution in [0.3, 0.4) is 0 Å². The maximum absolute atomic E-state index is 12.1. The minimum absolute atomic E-state index is 0.00574. The number of amides is 1. The molecule has 1 aromatic rings. The monoisotopic (exact) mass is 274 g/mol. The topological polar surface area (TPSA) is 55.1 Å². The molecule has 1 aliphatic rings. The van der Waals surface area contributed by atoms with Gasteiger partial charge in [0.05, 0.1) is 6.04 Å². The summed E-state index contributed by atoms with van der Waals surface area (Å²) in [4.78, 5) is 12.1. The van der Waals surface area contributed by atoms with Crippen molar-refractivity contribution in [2.45, 2.75) is 57.5 Å². The Balaban J connectivity index is 1.77. The minimum atomic E-state index is -0.443. The van der Waals surface area contributed by atoms with E-state index in [1.54, 1.807) is 0 Å². The molecule has 20 heavy (non-hydrogen) atoms. The molecule has 3 nitrogen and oxygen atoms in total. The van der Waals surface area contributed by atoms with Crippen molar-refractivity contribution < 1.29 is 4.79 Å². The first kappa shape index (κ1) is 15.0. The molecule has 1 fully saturated rings. The Morgan fingerprint density at radius 2 is 1.90 bits per heavy atom. The lowest BCUT2D eigenvalue weighted by Gasteiger charge is -2.29. The SMILES string of the molecule is CCC1CCC(NC(=O)[C@H](N)Cc2ccccc2)CC1. The summed E-state index contributed by atoms with van der Waals surface area (Å²) in [6.07, 6.45) is 6.53. The third-order valence-electron chi connectivity index (χ3n) is 4.41. The molecule has 1 aliphatic carbocycles. The first-order valence-corrected chi connectivity index (χ1v) is 7.79. The second kappa shape index (κ2) is 7.44. The van der Waals surface area contributed by atoms with Crippen LogP contribution in [0, 0.1) is 5.92 Å². The van der Waals surface area contributed by atoms with Crippen molar-refractivity contribution >= 4 is 5.91 Å². The Bertz CT molecular complexity index is 410. The van der Waals surface area contributed by atoms with Crippen molar-refractivity contribution in [3.8, 4) is 0 Å². The number of hydrogen-bond donors (Lipinski definition) is 2. The van der Waals surface area contributed by atoms with Gasteiger partial charge in [-0.25, -0.2) is 0 Å². The fourth-order valence-corrected chi connectivity index (χ4v) is 2.98. The highest BCUT2D eigenvalue weighted by atomic mass is 16.2. The van der Waals surface area contributed by atoms with E-state index >= 15 is 0 Å². The molecule has 1 saturated carbocycles. The van der Waals surface area contributed by atoms with Crippen molar-refractivity contribution in [1.29, 1.82) is 0 Å². The van der Waals surface area contributed by atoms with Gasteiger partial charge in [0.2, 0.25) is 5.91 Å². The molecule has 0 heterocycles. The lowest BCUT2D eigenvalue weighted by molar-refractivity contribution is -0.123. The second-order valence-corrected chi connectivity index (χ2v) is 5.93. The molecule has 0 aromatic heterocycles. The highest BCUT2D eigenvalue weighted by Crippen LogP contribution is 2.26. The van der Waals surface area contributed by atoms with Crippen LogP contribution in [-0.4, -0.2) is 18.0 Å². The van der Waals surface area contributed by atoms with E-state index in [4.69, 9.17) is 5.73 Å². The van der Waals surface area contributed by atoms with Gasteiger partial charge in [-0.15, -0.1) is 0 Å². The molecule has 2 rings (SSSR count). The highest BCUT2D eigenvalue weighted by molar-refractivity contribution is 5.82. The molecule has 0 unspecified atom stereocenters. The van der Waals surface area contributed by atoms with E-state index in [1.165, 1.54) is 19.3 Å². The van der Waals surface area contributed by atoms with Crippen molar-refractivity contribution in [2.24, 2.45) is 11.7 Å². The van der Waals surface area contributed by atoms with Gasteiger partial charge in [-0.3, -0.25) is 4.79 Å². The van der Waals surface area contributed by atoms with Crippen LogP contribution in [0.15, 0.2) is 30.3 Å². The Labute approximate surface area is 121 Å². The summed E-state index contributed by atoms with van der Waals surface area (Å²) < 4.78 is 0. The molecule has 0 saturated heterocycles. The molecular weight excluding hydrogens is 248 g/mol. The first-order chi connectivity index (χ1) is 9.69. The number of nitrogens with one attached hydrogen (secondary N) is 1. The third-order valence-corrected chi connectivity index (χ3v) is 4.41. The maximum atomic E-state index is 12.1. The van der Waals surface area contributed by atoms with Crippen LogP contribution in [-0.2, 0) is 11.2 Å². The number of carbonyl (C=O) groups excluding carboxylic acids is 1. The summed E-state index contributed by atoms with van der Waals surface area (Å²) >= 11 is 0. The van der Waals surface area contributed by atoms with Gasteiger partial charge >= 0.3 is 0 Å². The van der Waals surface area contributed by atoms with E-state index < -0.39 is 6.04 Å². The van der Waals surface area contributed by atoms with E-state index in [0.717, 1.165) is 24.3 Å². The molecular formula is C17H26N2O. The van der Waals surface area contributed by atoms with Gasteiger partial charge < -0.3 is 11.1 Å². The van der Waals surface area contributed by atoms with E-state index in [1.807, 2.05) is 30.3 Å². The molecule has 0 spiro atoms. The quantitative estimate of drug-likeness (QED) is 0.867. The zero-order valence-corrected chi connectivity index (χ0v) is 12.3. The lowest BCUT2D eigenvalue weighted by atomic mass is 9.84. The van der Waals surface area contributed by atoms with Crippen LogP contribution >= 0.6 is 0 Å². The van der Waals surface area contributed by atoms with Gasteiger partial charge in [0.1, 0.15) is 0 Å². The van der Waals surface area contributed by atoms with Gasteiger partial charge in [-0.2, -0.15) is 0 Å². The highest BCUT2D eigenvalue weighted by Gasteiger charge is 2.23. The van der Waals surface area contributed by atoms with Crippen LogP contribution in [0.5, 0.6) is 0 Å². The molecule has 110 valence electrons. The summed E-state index contributed by atoms with van der Waals surface area (Å²) in [5, 5.41) is 3.12. The number of rotatable bonds is 5. The standard InChI is InChI=1S/C17H26N2O/c1-2-13-8-10-15(11-9-13)19-17(20)16(18)12-14-6-4-3-5-7-14/h3-7,13,15-16H,2,8-12,18H2,1H3,(H,19,20)/t13?,15?,16-/m1/s1. The normalized spacial score (nSPS) is 24.1. The van der Waals surface area contributed by atoms with Gasteiger partial charge in [0.15, 0.2) is 0 Å². The summed E-state index contributed by atoms with van der Waals surface area (Å²) in [6.45, 7) is 2.25. The second-order valence-electron chi connectivity index (χ2n) is 5.93. The van der Waals surface area contributed by atoms with Crippen LogP contribution in [0.25, 0.3) is 0 Å². The fourth-order valence-electron chi connectivity index (χ4n) is 2.98. The Morgan fingerprint density at radius 1 is 1.25 bits per heavy atom. The van der Waals surface area contributed by atoms with Gasteiger partial charge in [0.25, 0.3) is 0 Å². The molecule has 1 atom stereocenters. The Hall–Kier alpha value is -1.35. The summed E-state index contributed by atoms with van der Waals surface area (Å²) in [6, 6.07) is 9.84. The van der Waals surface area contributed by atoms with E-state index in [-0.39, 0.29) is 5.91 Å². The zero-order valence-electron chi connectivity index (χ0n) is 12.3. The van der Waals surface area contributed by atoms with Crippen LogP contribution in [0.4, 0.5) is 0 Å². The first-order valence-electron chi connectivity index (χ1n) is 7.79. The minimum Gasteiger partial charge on any atom is -0.352 e. The smallest absolute Gasteiger partial charge is 0.237 e. The molecule has 0 aliphatic heterocycles. The van der Waals surface area contributed by atoms with Crippen molar-refractivity contribution in [2.75, 3.05) is 0 Å². The van der Waals surface area contributed by atoms with Crippen LogP contribution < -0.4 is 11.1 Å².